The van der Waals surface area contributed by atoms with Crippen LogP contribution in [0.5, 0.6) is 0 Å². The van der Waals surface area contributed by atoms with Crippen molar-refractivity contribution in [1.29, 1.82) is 0 Å². The Balaban J connectivity index is 2.73. The number of amides is 1. The van der Waals surface area contributed by atoms with Crippen molar-refractivity contribution in [3.63, 3.8) is 0 Å². The number of carbonyl (C=O) groups excluding carboxylic acids is 1. The second kappa shape index (κ2) is 5.72. The lowest BCUT2D eigenvalue weighted by atomic mass is 10.2. The van der Waals surface area contributed by atoms with Gasteiger partial charge in [-0.2, -0.15) is 8.78 Å². The highest BCUT2D eigenvalue weighted by molar-refractivity contribution is 7.91. The molecule has 17 heavy (non-hydrogen) atoms. The molecule has 0 radical (unpaired) electrons. The number of hydrogen-bond donors (Lipinski definition) is 0. The van der Waals surface area contributed by atoms with E-state index in [1.807, 2.05) is 0 Å². The first-order valence-corrected chi connectivity index (χ1v) is 6.97. The van der Waals surface area contributed by atoms with Crippen LogP contribution < -0.4 is 0 Å². The first kappa shape index (κ1) is 14.3. The highest BCUT2D eigenvalue weighted by atomic mass is 32.2. The SMILES string of the molecule is COCCN(C(=O)C(F)F)C1CCS(=O)(=O)C1. The molecule has 1 aliphatic heterocycles. The van der Waals surface area contributed by atoms with Crippen molar-refractivity contribution in [3.05, 3.63) is 0 Å². The fourth-order valence-electron chi connectivity index (χ4n) is 1.81. The molecule has 1 aliphatic rings. The summed E-state index contributed by atoms with van der Waals surface area (Å²) in [5, 5.41) is 0. The van der Waals surface area contributed by atoms with Gasteiger partial charge in [-0.25, -0.2) is 8.42 Å². The Hall–Kier alpha value is -0.760. The minimum Gasteiger partial charge on any atom is -0.383 e. The molecule has 0 spiro atoms. The summed E-state index contributed by atoms with van der Waals surface area (Å²) in [7, 11) is -1.82. The summed E-state index contributed by atoms with van der Waals surface area (Å²) in [4.78, 5) is 12.2. The van der Waals surface area contributed by atoms with Crippen LogP contribution in [0.3, 0.4) is 0 Å². The van der Waals surface area contributed by atoms with Gasteiger partial charge < -0.3 is 9.64 Å². The Morgan fingerprint density at radius 2 is 2.18 bits per heavy atom. The molecule has 0 aromatic rings. The molecular formula is C9H15F2NO4S. The monoisotopic (exact) mass is 271 g/mol. The van der Waals surface area contributed by atoms with E-state index in [2.05, 4.69) is 0 Å². The van der Waals surface area contributed by atoms with Crippen LogP contribution in [0.25, 0.3) is 0 Å². The van der Waals surface area contributed by atoms with Crippen molar-refractivity contribution in [2.24, 2.45) is 0 Å². The molecule has 1 fully saturated rings. The molecule has 1 rings (SSSR count). The maximum absolute atomic E-state index is 12.4. The van der Waals surface area contributed by atoms with Crippen LogP contribution in [0, 0.1) is 0 Å². The van der Waals surface area contributed by atoms with Gasteiger partial charge in [0, 0.05) is 19.7 Å². The average Bonchev–Trinajstić information content (AvgIpc) is 2.59. The third kappa shape index (κ3) is 3.88. The number of hydrogen-bond acceptors (Lipinski definition) is 4. The van der Waals surface area contributed by atoms with E-state index in [0.717, 1.165) is 4.90 Å². The summed E-state index contributed by atoms with van der Waals surface area (Å²) in [5.41, 5.74) is 0. The summed E-state index contributed by atoms with van der Waals surface area (Å²) in [6.07, 6.45) is -2.90. The number of carbonyl (C=O) groups is 1. The van der Waals surface area contributed by atoms with E-state index in [-0.39, 0.29) is 31.1 Å². The predicted molar refractivity (Wildman–Crippen MR) is 56.7 cm³/mol. The van der Waals surface area contributed by atoms with Crippen molar-refractivity contribution < 1.29 is 26.7 Å². The molecule has 1 unspecified atom stereocenters. The zero-order chi connectivity index (χ0) is 13.1. The van der Waals surface area contributed by atoms with Crippen LogP contribution in [-0.4, -0.2) is 63.5 Å². The molecule has 100 valence electrons. The standard InChI is InChI=1S/C9H15F2NO4S/c1-16-4-3-12(9(13)8(10)11)7-2-5-17(14,15)6-7/h7-8H,2-6H2,1H3. The molecule has 0 N–H and O–H groups in total. The van der Waals surface area contributed by atoms with Crippen molar-refractivity contribution >= 4 is 15.7 Å². The van der Waals surface area contributed by atoms with Crippen molar-refractivity contribution in [2.75, 3.05) is 31.8 Å². The maximum Gasteiger partial charge on any atom is 0.315 e. The predicted octanol–water partition coefficient (Wildman–Crippen LogP) is -0.0864. The molecule has 1 saturated heterocycles. The Morgan fingerprint density at radius 3 is 2.59 bits per heavy atom. The largest absolute Gasteiger partial charge is 0.383 e. The number of nitrogens with zero attached hydrogens (tertiary/aromatic N) is 1. The van der Waals surface area contributed by atoms with Crippen molar-refractivity contribution in [1.82, 2.24) is 4.90 Å². The average molecular weight is 271 g/mol. The van der Waals surface area contributed by atoms with Crippen LogP contribution in [0.4, 0.5) is 8.78 Å². The summed E-state index contributed by atoms with van der Waals surface area (Å²) >= 11 is 0. The van der Waals surface area contributed by atoms with Gasteiger partial charge in [-0.05, 0) is 6.42 Å². The van der Waals surface area contributed by atoms with E-state index in [1.54, 1.807) is 0 Å². The lowest BCUT2D eigenvalue weighted by Crippen LogP contribution is -2.45. The summed E-state index contributed by atoms with van der Waals surface area (Å²) in [6, 6.07) is -0.656. The van der Waals surface area contributed by atoms with Crippen molar-refractivity contribution in [3.8, 4) is 0 Å². The number of sulfone groups is 1. The fourth-order valence-corrected chi connectivity index (χ4v) is 3.54. The Morgan fingerprint density at radius 1 is 1.53 bits per heavy atom. The Kier molecular flexibility index (Phi) is 4.81. The normalized spacial score (nSPS) is 22.9. The zero-order valence-corrected chi connectivity index (χ0v) is 10.3. The zero-order valence-electron chi connectivity index (χ0n) is 9.43. The number of alkyl halides is 2. The molecule has 0 saturated carbocycles. The highest BCUT2D eigenvalue weighted by Gasteiger charge is 2.36. The number of ether oxygens (including phenoxy) is 1. The van der Waals surface area contributed by atoms with Crippen LogP contribution in [0.2, 0.25) is 0 Å². The maximum atomic E-state index is 12.4. The van der Waals surface area contributed by atoms with Gasteiger partial charge in [0.1, 0.15) is 0 Å². The quantitative estimate of drug-likeness (QED) is 0.701. The van der Waals surface area contributed by atoms with Gasteiger partial charge in [0.2, 0.25) is 0 Å². The van der Waals surface area contributed by atoms with Gasteiger partial charge in [-0.1, -0.05) is 0 Å². The lowest BCUT2D eigenvalue weighted by molar-refractivity contribution is -0.145. The van der Waals surface area contributed by atoms with Crippen LogP contribution >= 0.6 is 0 Å². The van der Waals surface area contributed by atoms with E-state index >= 15 is 0 Å². The Labute approximate surface area is 98.6 Å². The molecule has 1 atom stereocenters. The van der Waals surface area contributed by atoms with Gasteiger partial charge in [-0.15, -0.1) is 0 Å². The molecular weight excluding hydrogens is 256 g/mol. The van der Waals surface area contributed by atoms with E-state index < -0.39 is 28.2 Å². The first-order valence-electron chi connectivity index (χ1n) is 5.15. The number of rotatable bonds is 5. The summed E-state index contributed by atoms with van der Waals surface area (Å²) < 4.78 is 52.0. The smallest absolute Gasteiger partial charge is 0.315 e. The number of methoxy groups -OCH3 is 1. The first-order chi connectivity index (χ1) is 7.87. The van der Waals surface area contributed by atoms with Gasteiger partial charge in [0.25, 0.3) is 5.91 Å². The molecule has 0 bridgehead atoms. The van der Waals surface area contributed by atoms with Gasteiger partial charge in [0.15, 0.2) is 9.84 Å². The van der Waals surface area contributed by atoms with Gasteiger partial charge >= 0.3 is 6.43 Å². The molecule has 8 heteroatoms. The minimum atomic E-state index is -3.20. The second-order valence-corrected chi connectivity index (χ2v) is 6.11. The van der Waals surface area contributed by atoms with Crippen LogP contribution in [-0.2, 0) is 19.4 Å². The van der Waals surface area contributed by atoms with Gasteiger partial charge in [-0.3, -0.25) is 4.79 Å². The third-order valence-electron chi connectivity index (χ3n) is 2.66. The third-order valence-corrected chi connectivity index (χ3v) is 4.41. The molecule has 0 aromatic carbocycles. The molecule has 0 aromatic heterocycles. The fraction of sp³-hybridized carbons (Fsp3) is 0.889. The highest BCUT2D eigenvalue weighted by Crippen LogP contribution is 2.19. The van der Waals surface area contributed by atoms with Crippen LogP contribution in [0.1, 0.15) is 6.42 Å². The second-order valence-electron chi connectivity index (χ2n) is 3.88. The molecule has 0 aliphatic carbocycles. The molecule has 1 heterocycles. The topological polar surface area (TPSA) is 63.7 Å². The number of halogens is 2. The van der Waals surface area contributed by atoms with Crippen molar-refractivity contribution in [2.45, 2.75) is 18.9 Å². The van der Waals surface area contributed by atoms with Gasteiger partial charge in [0.05, 0.1) is 18.1 Å². The summed E-state index contributed by atoms with van der Waals surface area (Å²) in [5.74, 6) is -1.63. The van der Waals surface area contributed by atoms with Crippen LogP contribution in [0.15, 0.2) is 0 Å². The minimum absolute atomic E-state index is 0.0140. The summed E-state index contributed by atoms with van der Waals surface area (Å²) in [6.45, 7) is 0.0921. The lowest BCUT2D eigenvalue weighted by Gasteiger charge is -2.27. The van der Waals surface area contributed by atoms with E-state index in [9.17, 15) is 22.0 Å². The van der Waals surface area contributed by atoms with E-state index in [0.29, 0.717) is 0 Å². The van der Waals surface area contributed by atoms with E-state index in [1.165, 1.54) is 7.11 Å². The van der Waals surface area contributed by atoms with E-state index in [4.69, 9.17) is 4.74 Å². The Bertz CT molecular complexity index is 371. The molecule has 5 nitrogen and oxygen atoms in total. The molecule has 1 amide bonds.